The number of rotatable bonds is 14. The second-order valence-corrected chi connectivity index (χ2v) is 8.72. The Labute approximate surface area is 187 Å². The van der Waals surface area contributed by atoms with E-state index in [2.05, 4.69) is 16.0 Å². The van der Waals surface area contributed by atoms with E-state index in [1.807, 2.05) is 13.8 Å². The van der Waals surface area contributed by atoms with Crippen molar-refractivity contribution in [1.29, 1.82) is 0 Å². The molecule has 0 heterocycles. The van der Waals surface area contributed by atoms with E-state index in [4.69, 9.17) is 11.5 Å². The molecule has 0 spiro atoms. The molecule has 184 valence electrons. The summed E-state index contributed by atoms with van der Waals surface area (Å²) in [6.45, 7) is 8.61. The largest absolute Gasteiger partial charge is 0.480 e. The fourth-order valence-corrected chi connectivity index (χ4v) is 2.92. The van der Waals surface area contributed by atoms with Gasteiger partial charge in [0.15, 0.2) is 0 Å². The van der Waals surface area contributed by atoms with Crippen molar-refractivity contribution in [2.45, 2.75) is 84.2 Å². The Morgan fingerprint density at radius 2 is 1.28 bits per heavy atom. The van der Waals surface area contributed by atoms with Gasteiger partial charge in [-0.25, -0.2) is 4.79 Å². The zero-order valence-corrected chi connectivity index (χ0v) is 19.3. The fraction of sp³-hybridized carbons (Fsp3) is 0.750. The van der Waals surface area contributed by atoms with Crippen LogP contribution in [-0.4, -0.2) is 70.1 Å². The van der Waals surface area contributed by atoms with Gasteiger partial charge in [0, 0.05) is 0 Å². The van der Waals surface area contributed by atoms with Crippen LogP contribution < -0.4 is 27.4 Å². The molecule has 0 aromatic carbocycles. The van der Waals surface area contributed by atoms with Crippen molar-refractivity contribution in [2.24, 2.45) is 23.3 Å². The fourth-order valence-electron chi connectivity index (χ4n) is 2.92. The molecule has 12 nitrogen and oxygen atoms in total. The van der Waals surface area contributed by atoms with E-state index in [9.17, 15) is 34.2 Å². The number of carbonyl (C=O) groups excluding carboxylic acids is 4. The third-order valence-corrected chi connectivity index (χ3v) is 4.48. The molecule has 9 N–H and O–H groups in total. The molecule has 12 heteroatoms. The van der Waals surface area contributed by atoms with Crippen LogP contribution in [0, 0.1) is 11.8 Å². The van der Waals surface area contributed by atoms with E-state index >= 15 is 0 Å². The summed E-state index contributed by atoms with van der Waals surface area (Å²) in [7, 11) is 0. The van der Waals surface area contributed by atoms with Crippen LogP contribution in [0.4, 0.5) is 0 Å². The van der Waals surface area contributed by atoms with Gasteiger partial charge in [-0.1, -0.05) is 27.7 Å². The third-order valence-electron chi connectivity index (χ3n) is 4.48. The number of carboxylic acids is 1. The maximum absolute atomic E-state index is 12.8. The minimum absolute atomic E-state index is 0.0791. The molecule has 0 bridgehead atoms. The molecular formula is C20H37N5O7. The number of aliphatic hydroxyl groups excluding tert-OH is 1. The Balaban J connectivity index is 5.44. The molecule has 0 saturated heterocycles. The lowest BCUT2D eigenvalue weighted by atomic mass is 10.0. The van der Waals surface area contributed by atoms with E-state index in [-0.39, 0.29) is 18.3 Å². The van der Waals surface area contributed by atoms with Crippen LogP contribution in [0.5, 0.6) is 0 Å². The highest BCUT2D eigenvalue weighted by molar-refractivity contribution is 5.95. The normalized spacial score (nSPS) is 15.9. The number of nitrogens with one attached hydrogen (secondary N) is 3. The van der Waals surface area contributed by atoms with Crippen LogP contribution in [0.2, 0.25) is 0 Å². The molecule has 32 heavy (non-hydrogen) atoms. The average Bonchev–Trinajstić information content (AvgIpc) is 2.62. The van der Waals surface area contributed by atoms with Crippen molar-refractivity contribution in [3.63, 3.8) is 0 Å². The van der Waals surface area contributed by atoms with E-state index < -0.39 is 66.3 Å². The first-order valence-corrected chi connectivity index (χ1v) is 10.5. The Kier molecular flexibility index (Phi) is 12.5. The maximum atomic E-state index is 12.8. The van der Waals surface area contributed by atoms with Crippen molar-refractivity contribution < 1.29 is 34.2 Å². The Morgan fingerprint density at radius 1 is 0.781 bits per heavy atom. The monoisotopic (exact) mass is 459 g/mol. The van der Waals surface area contributed by atoms with Crippen LogP contribution in [0.15, 0.2) is 0 Å². The lowest BCUT2D eigenvalue weighted by molar-refractivity contribution is -0.144. The predicted molar refractivity (Wildman–Crippen MR) is 116 cm³/mol. The van der Waals surface area contributed by atoms with Gasteiger partial charge in [0.05, 0.1) is 18.6 Å². The number of carboxylic acid groups (broad SMARTS) is 1. The number of aliphatic hydroxyl groups is 1. The summed E-state index contributed by atoms with van der Waals surface area (Å²) < 4.78 is 0. The topological polar surface area (TPSA) is 214 Å². The third kappa shape index (κ3) is 11.0. The van der Waals surface area contributed by atoms with Crippen molar-refractivity contribution in [1.82, 2.24) is 16.0 Å². The molecule has 0 saturated carbocycles. The number of hydrogen-bond donors (Lipinski definition) is 7. The second kappa shape index (κ2) is 13.6. The highest BCUT2D eigenvalue weighted by atomic mass is 16.4. The lowest BCUT2D eigenvalue weighted by Crippen LogP contribution is -2.60. The van der Waals surface area contributed by atoms with Gasteiger partial charge in [0.25, 0.3) is 0 Å². The maximum Gasteiger partial charge on any atom is 0.326 e. The number of aliphatic carboxylic acids is 1. The van der Waals surface area contributed by atoms with Gasteiger partial charge in [0.1, 0.15) is 18.1 Å². The highest BCUT2D eigenvalue weighted by Crippen LogP contribution is 2.08. The van der Waals surface area contributed by atoms with Crippen molar-refractivity contribution in [2.75, 3.05) is 0 Å². The van der Waals surface area contributed by atoms with Gasteiger partial charge < -0.3 is 37.6 Å². The number of nitrogens with two attached hydrogens (primary N) is 2. The summed E-state index contributed by atoms with van der Waals surface area (Å²) in [5, 5.41) is 26.2. The zero-order chi connectivity index (χ0) is 25.2. The summed E-state index contributed by atoms with van der Waals surface area (Å²) in [6, 6.07) is -5.01. The van der Waals surface area contributed by atoms with Crippen LogP contribution in [0.25, 0.3) is 0 Å². The van der Waals surface area contributed by atoms with Crippen LogP contribution in [0.1, 0.15) is 53.9 Å². The number of hydrogen-bond acceptors (Lipinski definition) is 7. The first-order valence-electron chi connectivity index (χ1n) is 10.5. The van der Waals surface area contributed by atoms with Gasteiger partial charge in [-0.15, -0.1) is 0 Å². The van der Waals surface area contributed by atoms with Crippen molar-refractivity contribution in [3.05, 3.63) is 0 Å². The van der Waals surface area contributed by atoms with Crippen LogP contribution >= 0.6 is 0 Å². The Morgan fingerprint density at radius 3 is 1.69 bits per heavy atom. The predicted octanol–water partition coefficient (Wildman–Crippen LogP) is -1.80. The standard InChI is InChI=1S/C20H37N5O7/c1-9(2)6-12(21)17(28)25-16(11(5)26)19(30)23-13(7-10(3)4)18(29)24-14(20(31)32)8-15(22)27/h9-14,16,26H,6-8,21H2,1-5H3,(H2,22,27)(H,23,30)(H,24,29)(H,25,28)(H,31,32). The molecule has 0 aromatic rings. The van der Waals surface area contributed by atoms with E-state index in [1.165, 1.54) is 6.92 Å². The summed E-state index contributed by atoms with van der Waals surface area (Å²) in [4.78, 5) is 60.1. The molecule has 0 radical (unpaired) electrons. The minimum atomic E-state index is -1.56. The number of primary amides is 1. The average molecular weight is 460 g/mol. The molecule has 5 atom stereocenters. The molecule has 4 amide bonds. The summed E-state index contributed by atoms with van der Waals surface area (Å²) in [6.07, 6.45) is -1.42. The molecule has 0 aliphatic carbocycles. The molecule has 0 rings (SSSR count). The van der Waals surface area contributed by atoms with Gasteiger partial charge in [-0.2, -0.15) is 0 Å². The summed E-state index contributed by atoms with van der Waals surface area (Å²) >= 11 is 0. The number of amides is 4. The molecule has 0 aliphatic rings. The molecule has 0 aromatic heterocycles. The van der Waals surface area contributed by atoms with Gasteiger partial charge >= 0.3 is 5.97 Å². The first-order chi connectivity index (χ1) is 14.6. The number of carbonyl (C=O) groups is 5. The summed E-state index contributed by atoms with van der Waals surface area (Å²) in [5.41, 5.74) is 10.8. The highest BCUT2D eigenvalue weighted by Gasteiger charge is 2.33. The van der Waals surface area contributed by atoms with Gasteiger partial charge in [0.2, 0.25) is 23.6 Å². The molecule has 0 aliphatic heterocycles. The van der Waals surface area contributed by atoms with Crippen LogP contribution in [-0.2, 0) is 24.0 Å². The van der Waals surface area contributed by atoms with E-state index in [1.54, 1.807) is 13.8 Å². The Hall–Kier alpha value is -2.73. The zero-order valence-electron chi connectivity index (χ0n) is 19.3. The van der Waals surface area contributed by atoms with E-state index in [0.29, 0.717) is 6.42 Å². The Bertz CT molecular complexity index is 681. The van der Waals surface area contributed by atoms with Gasteiger partial charge in [-0.3, -0.25) is 19.2 Å². The van der Waals surface area contributed by atoms with Crippen LogP contribution in [0.3, 0.4) is 0 Å². The molecular weight excluding hydrogens is 422 g/mol. The second-order valence-electron chi connectivity index (χ2n) is 8.72. The van der Waals surface area contributed by atoms with E-state index in [0.717, 1.165) is 0 Å². The minimum Gasteiger partial charge on any atom is -0.480 e. The summed E-state index contributed by atoms with van der Waals surface area (Å²) in [5.74, 6) is -4.63. The molecule has 5 unspecified atom stereocenters. The SMILES string of the molecule is CC(C)CC(N)C(=O)NC(C(=O)NC(CC(C)C)C(=O)NC(CC(N)=O)C(=O)O)C(C)O. The first kappa shape index (κ1) is 29.3. The quantitative estimate of drug-likeness (QED) is 0.157. The van der Waals surface area contributed by atoms with Crippen molar-refractivity contribution in [3.8, 4) is 0 Å². The van der Waals surface area contributed by atoms with Gasteiger partial charge in [-0.05, 0) is 31.6 Å². The lowest BCUT2D eigenvalue weighted by Gasteiger charge is -2.27. The van der Waals surface area contributed by atoms with Crippen molar-refractivity contribution >= 4 is 29.6 Å². The molecule has 0 fully saturated rings. The smallest absolute Gasteiger partial charge is 0.326 e.